The minimum atomic E-state index is 0.344. The van der Waals surface area contributed by atoms with E-state index < -0.39 is 0 Å². The van der Waals surface area contributed by atoms with Crippen molar-refractivity contribution in [1.82, 2.24) is 19.7 Å². The fourth-order valence-corrected chi connectivity index (χ4v) is 4.81. The monoisotopic (exact) mass is 394 g/mol. The molecule has 1 aromatic heterocycles. The first-order valence-corrected chi connectivity index (χ1v) is 10.8. The summed E-state index contributed by atoms with van der Waals surface area (Å²) in [5, 5.41) is 0. The Morgan fingerprint density at radius 2 is 1.76 bits per heavy atom. The molecule has 0 bridgehead atoms. The zero-order valence-corrected chi connectivity index (χ0v) is 17.0. The molecule has 2 saturated heterocycles. The molecule has 0 amide bonds. The Morgan fingerprint density at radius 1 is 0.897 bits per heavy atom. The molecule has 0 saturated carbocycles. The maximum Gasteiger partial charge on any atom is 0.231 e. The largest absolute Gasteiger partial charge is 0.454 e. The van der Waals surface area contributed by atoms with Gasteiger partial charge in [-0.15, -0.1) is 0 Å². The third-order valence-corrected chi connectivity index (χ3v) is 6.38. The number of nitrogens with zero attached hydrogens (tertiary/aromatic N) is 4. The molecule has 3 aliphatic heterocycles. The summed E-state index contributed by atoms with van der Waals surface area (Å²) in [6, 6.07) is 11.2. The minimum absolute atomic E-state index is 0.344. The van der Waals surface area contributed by atoms with Gasteiger partial charge >= 0.3 is 0 Å². The molecule has 154 valence electrons. The van der Waals surface area contributed by atoms with Gasteiger partial charge in [0.1, 0.15) is 0 Å². The summed E-state index contributed by atoms with van der Waals surface area (Å²) < 4.78 is 10.9. The van der Waals surface area contributed by atoms with Gasteiger partial charge in [0.25, 0.3) is 0 Å². The van der Waals surface area contributed by atoms with Crippen LogP contribution in [0.25, 0.3) is 0 Å². The second kappa shape index (κ2) is 8.69. The number of ether oxygens (including phenoxy) is 2. The number of hydrogen-bond donors (Lipinski definition) is 0. The lowest BCUT2D eigenvalue weighted by atomic mass is 10.0. The number of likely N-dealkylation sites (tertiary alicyclic amines) is 1. The van der Waals surface area contributed by atoms with Crippen LogP contribution in [0.4, 0.5) is 0 Å². The van der Waals surface area contributed by atoms with Crippen molar-refractivity contribution in [3.8, 4) is 11.5 Å². The molecule has 0 unspecified atom stereocenters. The number of hydrogen-bond acceptors (Lipinski definition) is 6. The zero-order valence-electron chi connectivity index (χ0n) is 17.0. The fourth-order valence-electron chi connectivity index (χ4n) is 4.81. The van der Waals surface area contributed by atoms with E-state index in [0.29, 0.717) is 12.8 Å². The van der Waals surface area contributed by atoms with Crippen molar-refractivity contribution < 1.29 is 9.47 Å². The van der Waals surface area contributed by atoms with Crippen molar-refractivity contribution in [1.29, 1.82) is 0 Å². The molecule has 29 heavy (non-hydrogen) atoms. The van der Waals surface area contributed by atoms with Gasteiger partial charge in [-0.3, -0.25) is 19.7 Å². The molecule has 6 heteroatoms. The summed E-state index contributed by atoms with van der Waals surface area (Å²) in [7, 11) is 0. The predicted octanol–water partition coefficient (Wildman–Crippen LogP) is 2.59. The van der Waals surface area contributed by atoms with Gasteiger partial charge in [0.2, 0.25) is 6.79 Å². The number of fused-ring (bicyclic) bond motifs is 1. The Morgan fingerprint density at radius 3 is 2.62 bits per heavy atom. The lowest BCUT2D eigenvalue weighted by Crippen LogP contribution is -2.54. The van der Waals surface area contributed by atoms with Crippen LogP contribution >= 0.6 is 0 Å². The highest BCUT2D eigenvalue weighted by Crippen LogP contribution is 2.33. The van der Waals surface area contributed by atoms with Crippen molar-refractivity contribution in [2.24, 2.45) is 0 Å². The molecule has 4 heterocycles. The molecular formula is C23H30N4O2. The quantitative estimate of drug-likeness (QED) is 0.777. The minimum Gasteiger partial charge on any atom is -0.454 e. The average Bonchev–Trinajstić information content (AvgIpc) is 3.23. The molecule has 2 fully saturated rings. The van der Waals surface area contributed by atoms with Crippen molar-refractivity contribution in [2.45, 2.75) is 32.0 Å². The molecule has 2 aromatic rings. The Balaban J connectivity index is 1.11. The molecule has 0 radical (unpaired) electrons. The van der Waals surface area contributed by atoms with E-state index in [9.17, 15) is 0 Å². The molecule has 1 aromatic carbocycles. The van der Waals surface area contributed by atoms with Crippen LogP contribution in [0.15, 0.2) is 42.7 Å². The number of piperazine rings is 1. The Hall–Kier alpha value is -2.15. The van der Waals surface area contributed by atoms with Gasteiger partial charge in [0, 0.05) is 64.2 Å². The first-order valence-electron chi connectivity index (χ1n) is 10.8. The van der Waals surface area contributed by atoms with E-state index in [1.54, 1.807) is 0 Å². The number of benzene rings is 1. The number of pyridine rings is 1. The van der Waals surface area contributed by atoms with Gasteiger partial charge in [-0.2, -0.15) is 0 Å². The smallest absolute Gasteiger partial charge is 0.231 e. The van der Waals surface area contributed by atoms with Crippen LogP contribution in [0.5, 0.6) is 11.5 Å². The van der Waals surface area contributed by atoms with E-state index >= 15 is 0 Å². The third-order valence-electron chi connectivity index (χ3n) is 6.38. The van der Waals surface area contributed by atoms with E-state index in [-0.39, 0.29) is 0 Å². The molecule has 5 rings (SSSR count). The highest BCUT2D eigenvalue weighted by Gasteiger charge is 2.28. The Labute approximate surface area is 173 Å². The van der Waals surface area contributed by atoms with Gasteiger partial charge in [-0.05, 0) is 48.7 Å². The van der Waals surface area contributed by atoms with Crippen molar-refractivity contribution in [3.63, 3.8) is 0 Å². The molecule has 3 aliphatic rings. The van der Waals surface area contributed by atoms with E-state index in [1.807, 2.05) is 24.5 Å². The normalized spacial score (nSPS) is 23.4. The first kappa shape index (κ1) is 18.9. The van der Waals surface area contributed by atoms with Gasteiger partial charge < -0.3 is 9.47 Å². The lowest BCUT2D eigenvalue weighted by molar-refractivity contribution is 0.0477. The van der Waals surface area contributed by atoms with E-state index in [0.717, 1.165) is 50.8 Å². The fraction of sp³-hybridized carbons (Fsp3) is 0.522. The summed E-state index contributed by atoms with van der Waals surface area (Å²) in [6.45, 7) is 9.33. The second-order valence-corrected chi connectivity index (χ2v) is 8.39. The van der Waals surface area contributed by atoms with Crippen molar-refractivity contribution in [3.05, 3.63) is 53.9 Å². The van der Waals surface area contributed by atoms with Crippen LogP contribution in [0, 0.1) is 0 Å². The Bertz CT molecular complexity index is 808. The molecule has 0 N–H and O–H groups in total. The zero-order chi connectivity index (χ0) is 19.5. The predicted molar refractivity (Wildman–Crippen MR) is 112 cm³/mol. The maximum absolute atomic E-state index is 5.52. The van der Waals surface area contributed by atoms with Crippen molar-refractivity contribution in [2.75, 3.05) is 46.1 Å². The van der Waals surface area contributed by atoms with Crippen LogP contribution in [-0.4, -0.2) is 71.8 Å². The van der Waals surface area contributed by atoms with Crippen LogP contribution in [0.3, 0.4) is 0 Å². The van der Waals surface area contributed by atoms with Gasteiger partial charge in [-0.25, -0.2) is 0 Å². The Kier molecular flexibility index (Phi) is 5.65. The summed E-state index contributed by atoms with van der Waals surface area (Å²) in [4.78, 5) is 12.1. The number of piperidine rings is 1. The third kappa shape index (κ3) is 4.55. The van der Waals surface area contributed by atoms with Crippen LogP contribution in [0.2, 0.25) is 0 Å². The van der Waals surface area contributed by atoms with Crippen LogP contribution < -0.4 is 9.47 Å². The number of aromatic nitrogens is 1. The maximum atomic E-state index is 5.52. The molecule has 0 aliphatic carbocycles. The molecular weight excluding hydrogens is 364 g/mol. The molecule has 1 atom stereocenters. The standard InChI is InChI=1S/C23H30N4O2/c1-3-20(14-24-7-1)16-26-8-2-4-21(17-26)27-11-9-25(10-12-27)15-19-5-6-22-23(13-19)29-18-28-22/h1,3,5-7,13-14,21H,2,4,8-12,15-18H2/t21-/m0/s1. The van der Waals surface area contributed by atoms with E-state index in [4.69, 9.17) is 9.47 Å². The van der Waals surface area contributed by atoms with Gasteiger partial charge in [0.15, 0.2) is 11.5 Å². The highest BCUT2D eigenvalue weighted by molar-refractivity contribution is 5.44. The van der Waals surface area contributed by atoms with Gasteiger partial charge in [-0.1, -0.05) is 12.1 Å². The van der Waals surface area contributed by atoms with Crippen LogP contribution in [-0.2, 0) is 13.1 Å². The second-order valence-electron chi connectivity index (χ2n) is 8.39. The topological polar surface area (TPSA) is 41.1 Å². The van der Waals surface area contributed by atoms with E-state index in [1.165, 1.54) is 37.1 Å². The summed E-state index contributed by atoms with van der Waals surface area (Å²) in [6.07, 6.45) is 6.47. The van der Waals surface area contributed by atoms with Crippen molar-refractivity contribution >= 4 is 0 Å². The lowest BCUT2D eigenvalue weighted by Gasteiger charge is -2.43. The average molecular weight is 395 g/mol. The van der Waals surface area contributed by atoms with Crippen LogP contribution in [0.1, 0.15) is 24.0 Å². The SMILES string of the molecule is c1cncc(CN2CCC[C@H](N3CCN(Cc4ccc5c(c4)OCO5)CC3)C2)c1. The number of rotatable bonds is 5. The molecule has 6 nitrogen and oxygen atoms in total. The first-order chi connectivity index (χ1) is 14.3. The van der Waals surface area contributed by atoms with E-state index in [2.05, 4.69) is 37.9 Å². The summed E-state index contributed by atoms with van der Waals surface area (Å²) in [5.74, 6) is 1.75. The van der Waals surface area contributed by atoms with Gasteiger partial charge in [0.05, 0.1) is 0 Å². The summed E-state index contributed by atoms with van der Waals surface area (Å²) in [5.41, 5.74) is 2.63. The summed E-state index contributed by atoms with van der Waals surface area (Å²) >= 11 is 0. The molecule has 0 spiro atoms. The highest BCUT2D eigenvalue weighted by atomic mass is 16.7.